The van der Waals surface area contributed by atoms with Crippen LogP contribution < -0.4 is 0 Å². The van der Waals surface area contributed by atoms with Crippen LogP contribution in [0.3, 0.4) is 0 Å². The molecule has 0 saturated carbocycles. The van der Waals surface area contributed by atoms with Crippen molar-refractivity contribution >= 4 is 12.2 Å². The molecule has 0 heterocycles. The van der Waals surface area contributed by atoms with E-state index in [1.165, 1.54) is 0 Å². The Kier molecular flexibility index (Phi) is 3.40. The monoisotopic (exact) mass is 191 g/mol. The van der Waals surface area contributed by atoms with Gasteiger partial charge in [0.1, 0.15) is 6.29 Å². The first-order chi connectivity index (χ1) is 6.69. The maximum Gasteiger partial charge on any atom is 0.253 e. The third-order valence-electron chi connectivity index (χ3n) is 2.09. The molecule has 0 atom stereocenters. The number of rotatable bonds is 3. The lowest BCUT2D eigenvalue weighted by Crippen LogP contribution is -2.26. The van der Waals surface area contributed by atoms with Gasteiger partial charge in [0.25, 0.3) is 5.91 Å². The molecule has 74 valence electrons. The molecular weight excluding hydrogens is 178 g/mol. The zero-order chi connectivity index (χ0) is 10.6. The molecule has 3 heteroatoms. The van der Waals surface area contributed by atoms with Gasteiger partial charge in [0.15, 0.2) is 0 Å². The molecule has 0 bridgehead atoms. The largest absolute Gasteiger partial charge is 0.342 e. The van der Waals surface area contributed by atoms with Gasteiger partial charge in [-0.3, -0.25) is 9.59 Å². The molecule has 0 aliphatic carbocycles. The van der Waals surface area contributed by atoms with Crippen molar-refractivity contribution in [2.75, 3.05) is 13.6 Å². The number of aldehydes is 1. The van der Waals surface area contributed by atoms with E-state index in [4.69, 9.17) is 0 Å². The van der Waals surface area contributed by atoms with Crippen LogP contribution in [0.1, 0.15) is 27.6 Å². The molecule has 0 radical (unpaired) electrons. The van der Waals surface area contributed by atoms with E-state index in [-0.39, 0.29) is 5.91 Å². The van der Waals surface area contributed by atoms with E-state index in [0.717, 1.165) is 6.29 Å². The van der Waals surface area contributed by atoms with Crippen molar-refractivity contribution in [1.82, 2.24) is 4.90 Å². The smallest absolute Gasteiger partial charge is 0.253 e. The molecule has 3 nitrogen and oxygen atoms in total. The number of benzene rings is 1. The van der Waals surface area contributed by atoms with Gasteiger partial charge in [-0.2, -0.15) is 0 Å². The fourth-order valence-corrected chi connectivity index (χ4v) is 1.11. The van der Waals surface area contributed by atoms with Gasteiger partial charge in [0.2, 0.25) is 0 Å². The van der Waals surface area contributed by atoms with Crippen LogP contribution in [0.15, 0.2) is 24.3 Å². The van der Waals surface area contributed by atoms with E-state index in [0.29, 0.717) is 17.7 Å². The normalized spacial score (nSPS) is 9.57. The minimum absolute atomic E-state index is 0.0591. The Morgan fingerprint density at radius 2 is 2.21 bits per heavy atom. The summed E-state index contributed by atoms with van der Waals surface area (Å²) < 4.78 is 0. The van der Waals surface area contributed by atoms with Crippen LogP contribution in [0.5, 0.6) is 0 Å². The van der Waals surface area contributed by atoms with Gasteiger partial charge in [-0.25, -0.2) is 0 Å². The number of hydrogen-bond acceptors (Lipinski definition) is 2. The van der Waals surface area contributed by atoms with Crippen molar-refractivity contribution in [3.8, 4) is 0 Å². The maximum atomic E-state index is 11.7. The minimum atomic E-state index is -0.0591. The molecule has 0 fully saturated rings. The summed E-state index contributed by atoms with van der Waals surface area (Å²) in [6, 6.07) is 6.69. The van der Waals surface area contributed by atoms with Crippen molar-refractivity contribution in [2.24, 2.45) is 0 Å². The Bertz CT molecular complexity index is 347. The van der Waals surface area contributed by atoms with E-state index in [9.17, 15) is 9.59 Å². The molecular formula is C11H13NO2. The maximum absolute atomic E-state index is 11.7. The van der Waals surface area contributed by atoms with Gasteiger partial charge < -0.3 is 4.90 Å². The highest BCUT2D eigenvalue weighted by molar-refractivity contribution is 5.95. The second kappa shape index (κ2) is 4.56. The topological polar surface area (TPSA) is 37.4 Å². The van der Waals surface area contributed by atoms with Crippen molar-refractivity contribution in [3.63, 3.8) is 0 Å². The van der Waals surface area contributed by atoms with Gasteiger partial charge in [-0.15, -0.1) is 0 Å². The lowest BCUT2D eigenvalue weighted by Gasteiger charge is -2.14. The third kappa shape index (κ3) is 2.19. The van der Waals surface area contributed by atoms with Crippen LogP contribution in [-0.2, 0) is 0 Å². The van der Waals surface area contributed by atoms with Crippen LogP contribution >= 0.6 is 0 Å². The Balaban J connectivity index is 2.95. The van der Waals surface area contributed by atoms with E-state index in [2.05, 4.69) is 0 Å². The molecule has 1 aromatic rings. The Labute approximate surface area is 83.3 Å². The summed E-state index contributed by atoms with van der Waals surface area (Å²) in [5.41, 5.74) is 1.08. The second-order valence-corrected chi connectivity index (χ2v) is 3.06. The van der Waals surface area contributed by atoms with Crippen molar-refractivity contribution in [2.45, 2.75) is 6.92 Å². The molecule has 0 unspecified atom stereocenters. The summed E-state index contributed by atoms with van der Waals surface area (Å²) in [7, 11) is 1.73. The minimum Gasteiger partial charge on any atom is -0.342 e. The first-order valence-electron chi connectivity index (χ1n) is 4.49. The van der Waals surface area contributed by atoms with Gasteiger partial charge in [-0.1, -0.05) is 12.1 Å². The van der Waals surface area contributed by atoms with Gasteiger partial charge in [0.05, 0.1) is 0 Å². The zero-order valence-electron chi connectivity index (χ0n) is 8.36. The Hall–Kier alpha value is -1.64. The van der Waals surface area contributed by atoms with Crippen molar-refractivity contribution in [1.29, 1.82) is 0 Å². The van der Waals surface area contributed by atoms with Crippen LogP contribution in [0.4, 0.5) is 0 Å². The number of hydrogen-bond donors (Lipinski definition) is 0. The van der Waals surface area contributed by atoms with Crippen molar-refractivity contribution < 1.29 is 9.59 Å². The molecule has 0 saturated heterocycles. The quantitative estimate of drug-likeness (QED) is 0.680. The molecule has 14 heavy (non-hydrogen) atoms. The zero-order valence-corrected chi connectivity index (χ0v) is 8.36. The summed E-state index contributed by atoms with van der Waals surface area (Å²) in [6.45, 7) is 2.56. The van der Waals surface area contributed by atoms with Crippen LogP contribution in [-0.4, -0.2) is 30.7 Å². The lowest BCUT2D eigenvalue weighted by molar-refractivity contribution is 0.0802. The molecule has 0 spiro atoms. The van der Waals surface area contributed by atoms with Gasteiger partial charge in [-0.05, 0) is 19.1 Å². The first kappa shape index (κ1) is 10.4. The van der Waals surface area contributed by atoms with Gasteiger partial charge >= 0.3 is 0 Å². The highest BCUT2D eigenvalue weighted by atomic mass is 16.2. The molecule has 0 aliphatic rings. The average Bonchev–Trinajstić information content (AvgIpc) is 2.27. The average molecular weight is 191 g/mol. The van der Waals surface area contributed by atoms with E-state index < -0.39 is 0 Å². The van der Waals surface area contributed by atoms with Gasteiger partial charge in [0, 0.05) is 24.7 Å². The van der Waals surface area contributed by atoms with Crippen LogP contribution in [0, 0.1) is 0 Å². The molecule has 1 aromatic carbocycles. The second-order valence-electron chi connectivity index (χ2n) is 3.06. The third-order valence-corrected chi connectivity index (χ3v) is 2.09. The number of carbonyl (C=O) groups excluding carboxylic acids is 2. The first-order valence-corrected chi connectivity index (χ1v) is 4.49. The Morgan fingerprint density at radius 1 is 1.50 bits per heavy atom. The molecule has 1 amide bonds. The fourth-order valence-electron chi connectivity index (χ4n) is 1.11. The summed E-state index contributed by atoms with van der Waals surface area (Å²) in [5.74, 6) is -0.0591. The highest BCUT2D eigenvalue weighted by Gasteiger charge is 2.09. The fraction of sp³-hybridized carbons (Fsp3) is 0.273. The molecule has 1 rings (SSSR count). The summed E-state index contributed by atoms with van der Waals surface area (Å²) >= 11 is 0. The van der Waals surface area contributed by atoms with Crippen LogP contribution in [0.25, 0.3) is 0 Å². The predicted molar refractivity (Wildman–Crippen MR) is 54.5 cm³/mol. The SMILES string of the molecule is CCN(C)C(=O)c1cccc(C=O)c1. The highest BCUT2D eigenvalue weighted by Crippen LogP contribution is 2.05. The van der Waals surface area contributed by atoms with E-state index in [1.54, 1.807) is 36.2 Å². The Morgan fingerprint density at radius 3 is 2.79 bits per heavy atom. The van der Waals surface area contributed by atoms with Crippen molar-refractivity contribution in [3.05, 3.63) is 35.4 Å². The summed E-state index contributed by atoms with van der Waals surface area (Å²) in [5, 5.41) is 0. The molecule has 0 aromatic heterocycles. The predicted octanol–water partition coefficient (Wildman–Crippen LogP) is 1.59. The molecule has 0 N–H and O–H groups in total. The summed E-state index contributed by atoms with van der Waals surface area (Å²) in [4.78, 5) is 23.8. The number of amides is 1. The van der Waals surface area contributed by atoms with E-state index in [1.807, 2.05) is 6.92 Å². The molecule has 0 aliphatic heterocycles. The van der Waals surface area contributed by atoms with E-state index >= 15 is 0 Å². The summed E-state index contributed by atoms with van der Waals surface area (Å²) in [6.07, 6.45) is 0.739. The van der Waals surface area contributed by atoms with Crippen LogP contribution in [0.2, 0.25) is 0 Å². The number of carbonyl (C=O) groups is 2. The lowest BCUT2D eigenvalue weighted by atomic mass is 10.1. The number of nitrogens with zero attached hydrogens (tertiary/aromatic N) is 1. The standard InChI is InChI=1S/C11H13NO2/c1-3-12(2)11(14)10-6-4-5-9(7-10)8-13/h4-8H,3H2,1-2H3.